The van der Waals surface area contributed by atoms with Crippen molar-refractivity contribution in [2.45, 2.75) is 58.8 Å². The molecule has 2 N–H and O–H groups in total. The smallest absolute Gasteiger partial charge is 0.00461 e. The lowest BCUT2D eigenvalue weighted by molar-refractivity contribution is 0.137. The molecule has 1 aliphatic rings. The second-order valence-electron chi connectivity index (χ2n) is 4.93. The SMILES string of the molecule is CCCC1CCCC(CN)C1CCC. The highest BCUT2D eigenvalue weighted by Gasteiger charge is 2.30. The minimum atomic E-state index is 0.834. The molecule has 0 heterocycles. The maximum Gasteiger partial charge on any atom is -0.00461 e. The Labute approximate surface area is 89.5 Å². The van der Waals surface area contributed by atoms with Gasteiger partial charge >= 0.3 is 0 Å². The lowest BCUT2D eigenvalue weighted by atomic mass is 9.69. The van der Waals surface area contributed by atoms with Crippen LogP contribution in [0.1, 0.15) is 58.8 Å². The van der Waals surface area contributed by atoms with Crippen molar-refractivity contribution in [2.75, 3.05) is 6.54 Å². The molecule has 14 heavy (non-hydrogen) atoms. The lowest BCUT2D eigenvalue weighted by Crippen LogP contribution is -2.33. The molecule has 1 rings (SSSR count). The fourth-order valence-corrected chi connectivity index (χ4v) is 3.28. The molecule has 1 aliphatic carbocycles. The first kappa shape index (κ1) is 12.0. The van der Waals surface area contributed by atoms with Gasteiger partial charge in [0.05, 0.1) is 0 Å². The summed E-state index contributed by atoms with van der Waals surface area (Å²) in [6, 6.07) is 0. The van der Waals surface area contributed by atoms with Gasteiger partial charge in [-0.1, -0.05) is 52.4 Å². The van der Waals surface area contributed by atoms with E-state index in [1.807, 2.05) is 0 Å². The van der Waals surface area contributed by atoms with Crippen molar-refractivity contribution >= 4 is 0 Å². The summed E-state index contributed by atoms with van der Waals surface area (Å²) in [5, 5.41) is 0. The molecular weight excluding hydrogens is 170 g/mol. The predicted molar refractivity (Wildman–Crippen MR) is 63.2 cm³/mol. The average molecular weight is 197 g/mol. The Morgan fingerprint density at radius 3 is 2.21 bits per heavy atom. The molecule has 0 radical (unpaired) electrons. The molecule has 0 bridgehead atoms. The van der Waals surface area contributed by atoms with Crippen LogP contribution in [0.5, 0.6) is 0 Å². The molecule has 0 saturated heterocycles. The topological polar surface area (TPSA) is 26.0 Å². The highest BCUT2D eigenvalue weighted by molar-refractivity contribution is 4.82. The third kappa shape index (κ3) is 2.98. The second kappa shape index (κ2) is 6.44. The van der Waals surface area contributed by atoms with Gasteiger partial charge in [0, 0.05) is 0 Å². The van der Waals surface area contributed by atoms with Crippen molar-refractivity contribution in [1.82, 2.24) is 0 Å². The van der Waals surface area contributed by atoms with E-state index in [0.717, 1.165) is 24.3 Å². The van der Waals surface area contributed by atoms with Crippen molar-refractivity contribution in [3.63, 3.8) is 0 Å². The average Bonchev–Trinajstić information content (AvgIpc) is 2.21. The van der Waals surface area contributed by atoms with E-state index >= 15 is 0 Å². The fourth-order valence-electron chi connectivity index (χ4n) is 3.28. The van der Waals surface area contributed by atoms with Crippen molar-refractivity contribution in [1.29, 1.82) is 0 Å². The number of rotatable bonds is 5. The summed E-state index contributed by atoms with van der Waals surface area (Å²) in [5.41, 5.74) is 5.88. The fraction of sp³-hybridized carbons (Fsp3) is 1.00. The number of hydrogen-bond acceptors (Lipinski definition) is 1. The Bertz CT molecular complexity index is 142. The van der Waals surface area contributed by atoms with Gasteiger partial charge in [0.2, 0.25) is 0 Å². The van der Waals surface area contributed by atoms with Crippen LogP contribution in [0, 0.1) is 17.8 Å². The molecule has 1 heteroatoms. The summed E-state index contributed by atoms with van der Waals surface area (Å²) in [6.45, 7) is 5.55. The van der Waals surface area contributed by atoms with Crippen LogP contribution in [0.2, 0.25) is 0 Å². The minimum Gasteiger partial charge on any atom is -0.330 e. The number of nitrogens with two attached hydrogens (primary N) is 1. The van der Waals surface area contributed by atoms with Gasteiger partial charge in [0.1, 0.15) is 0 Å². The van der Waals surface area contributed by atoms with Crippen LogP contribution < -0.4 is 5.73 Å². The molecule has 0 aromatic heterocycles. The van der Waals surface area contributed by atoms with E-state index in [-0.39, 0.29) is 0 Å². The van der Waals surface area contributed by atoms with Gasteiger partial charge in [-0.3, -0.25) is 0 Å². The van der Waals surface area contributed by atoms with Crippen molar-refractivity contribution in [3.8, 4) is 0 Å². The summed E-state index contributed by atoms with van der Waals surface area (Å²) >= 11 is 0. The first-order chi connectivity index (χ1) is 6.83. The Balaban J connectivity index is 2.52. The molecule has 0 aromatic carbocycles. The Kier molecular flexibility index (Phi) is 5.54. The second-order valence-corrected chi connectivity index (χ2v) is 4.93. The van der Waals surface area contributed by atoms with E-state index in [2.05, 4.69) is 13.8 Å². The Hall–Kier alpha value is -0.0400. The first-order valence-corrected chi connectivity index (χ1v) is 6.53. The Morgan fingerprint density at radius 2 is 1.64 bits per heavy atom. The minimum absolute atomic E-state index is 0.834. The molecule has 1 nitrogen and oxygen atoms in total. The third-order valence-corrected chi connectivity index (χ3v) is 3.95. The summed E-state index contributed by atoms with van der Waals surface area (Å²) in [7, 11) is 0. The standard InChI is InChI=1S/C13H27N/c1-3-6-11-8-5-9-12(10-14)13(11)7-4-2/h11-13H,3-10,14H2,1-2H3. The van der Waals surface area contributed by atoms with Crippen LogP contribution in [0.3, 0.4) is 0 Å². The van der Waals surface area contributed by atoms with Gasteiger partial charge in [-0.15, -0.1) is 0 Å². The van der Waals surface area contributed by atoms with Crippen LogP contribution >= 0.6 is 0 Å². The molecular formula is C13H27N. The van der Waals surface area contributed by atoms with Gasteiger partial charge in [0.25, 0.3) is 0 Å². The van der Waals surface area contributed by atoms with E-state index < -0.39 is 0 Å². The first-order valence-electron chi connectivity index (χ1n) is 6.53. The van der Waals surface area contributed by atoms with E-state index in [1.165, 1.54) is 44.9 Å². The highest BCUT2D eigenvalue weighted by atomic mass is 14.6. The molecule has 0 amide bonds. The van der Waals surface area contributed by atoms with E-state index in [0.29, 0.717) is 0 Å². The molecule has 3 atom stereocenters. The van der Waals surface area contributed by atoms with Crippen LogP contribution in [-0.4, -0.2) is 6.54 Å². The molecule has 3 unspecified atom stereocenters. The van der Waals surface area contributed by atoms with Crippen LogP contribution in [0.4, 0.5) is 0 Å². The van der Waals surface area contributed by atoms with E-state index in [9.17, 15) is 0 Å². The molecule has 1 fully saturated rings. The van der Waals surface area contributed by atoms with Crippen LogP contribution in [0.15, 0.2) is 0 Å². The zero-order valence-electron chi connectivity index (χ0n) is 9.97. The molecule has 0 aliphatic heterocycles. The van der Waals surface area contributed by atoms with Crippen LogP contribution in [-0.2, 0) is 0 Å². The summed E-state index contributed by atoms with van der Waals surface area (Å²) in [4.78, 5) is 0. The monoisotopic (exact) mass is 197 g/mol. The van der Waals surface area contributed by atoms with Gasteiger partial charge in [0.15, 0.2) is 0 Å². The maximum atomic E-state index is 5.88. The molecule has 84 valence electrons. The van der Waals surface area contributed by atoms with Crippen molar-refractivity contribution in [2.24, 2.45) is 23.5 Å². The zero-order valence-corrected chi connectivity index (χ0v) is 9.97. The van der Waals surface area contributed by atoms with Crippen LogP contribution in [0.25, 0.3) is 0 Å². The van der Waals surface area contributed by atoms with Gasteiger partial charge in [-0.05, 0) is 30.7 Å². The summed E-state index contributed by atoms with van der Waals surface area (Å²) < 4.78 is 0. The Morgan fingerprint density at radius 1 is 1.00 bits per heavy atom. The summed E-state index contributed by atoms with van der Waals surface area (Å²) in [6.07, 6.45) is 9.81. The third-order valence-electron chi connectivity index (χ3n) is 3.95. The highest BCUT2D eigenvalue weighted by Crippen LogP contribution is 2.39. The molecule has 1 saturated carbocycles. The lowest BCUT2D eigenvalue weighted by Gasteiger charge is -2.38. The molecule has 0 aromatic rings. The largest absolute Gasteiger partial charge is 0.330 e. The summed E-state index contributed by atoms with van der Waals surface area (Å²) in [5.74, 6) is 2.76. The van der Waals surface area contributed by atoms with Crippen molar-refractivity contribution in [3.05, 3.63) is 0 Å². The van der Waals surface area contributed by atoms with E-state index in [4.69, 9.17) is 5.73 Å². The zero-order chi connectivity index (χ0) is 10.4. The van der Waals surface area contributed by atoms with Crippen molar-refractivity contribution < 1.29 is 0 Å². The normalized spacial score (nSPS) is 33.2. The predicted octanol–water partition coefficient (Wildman–Crippen LogP) is 3.58. The number of hydrogen-bond donors (Lipinski definition) is 1. The van der Waals surface area contributed by atoms with Gasteiger partial charge < -0.3 is 5.73 Å². The van der Waals surface area contributed by atoms with E-state index in [1.54, 1.807) is 0 Å². The quantitative estimate of drug-likeness (QED) is 0.716. The maximum absolute atomic E-state index is 5.88. The van der Waals surface area contributed by atoms with Gasteiger partial charge in [-0.2, -0.15) is 0 Å². The van der Waals surface area contributed by atoms with Gasteiger partial charge in [-0.25, -0.2) is 0 Å². The molecule has 0 spiro atoms.